The zero-order valence-electron chi connectivity index (χ0n) is 14.4. The Morgan fingerprint density at radius 2 is 2.09 bits per heavy atom. The zero-order chi connectivity index (χ0) is 16.7. The van der Waals surface area contributed by atoms with E-state index in [0.717, 1.165) is 12.0 Å². The highest BCUT2D eigenvalue weighted by Crippen LogP contribution is 2.60. The second-order valence-corrected chi connectivity index (χ2v) is 7.76. The lowest BCUT2D eigenvalue weighted by Crippen LogP contribution is -2.46. The van der Waals surface area contributed by atoms with Crippen LogP contribution in [0.1, 0.15) is 44.7 Å². The summed E-state index contributed by atoms with van der Waals surface area (Å²) in [6.07, 6.45) is 1.45. The molecule has 1 aliphatic carbocycles. The van der Waals surface area contributed by atoms with Crippen molar-refractivity contribution < 1.29 is 14.3 Å². The van der Waals surface area contributed by atoms with Crippen molar-refractivity contribution in [1.82, 2.24) is 0 Å². The summed E-state index contributed by atoms with van der Waals surface area (Å²) in [5.74, 6) is 6.26. The number of hydrogen-bond donors (Lipinski definition) is 0. The van der Waals surface area contributed by atoms with Gasteiger partial charge in [-0.05, 0) is 43.4 Å². The molecular formula is C20H24O3. The van der Waals surface area contributed by atoms with Crippen molar-refractivity contribution in [3.63, 3.8) is 0 Å². The number of Topliss-reactive ketones (excluding diaryl/α,β-unsaturated/α-hetero) is 1. The van der Waals surface area contributed by atoms with Crippen molar-refractivity contribution in [1.29, 1.82) is 0 Å². The predicted octanol–water partition coefficient (Wildman–Crippen LogP) is 3.28. The molecule has 1 aromatic rings. The Balaban J connectivity index is 1.55. The van der Waals surface area contributed by atoms with Crippen LogP contribution in [0.3, 0.4) is 0 Å². The first-order valence-electron chi connectivity index (χ1n) is 8.13. The molecule has 0 spiro atoms. The van der Waals surface area contributed by atoms with E-state index in [9.17, 15) is 4.79 Å². The van der Waals surface area contributed by atoms with Crippen LogP contribution >= 0.6 is 0 Å². The SMILES string of the molecule is Cc1cccc(C#CCOCC23OC2(C)CC(C)(C)CC3=O)c1. The summed E-state index contributed by atoms with van der Waals surface area (Å²) in [5.41, 5.74) is 1.09. The molecule has 122 valence electrons. The van der Waals surface area contributed by atoms with E-state index in [1.165, 1.54) is 5.56 Å². The minimum Gasteiger partial charge on any atom is -0.365 e. The molecule has 3 rings (SSSR count). The van der Waals surface area contributed by atoms with E-state index in [-0.39, 0.29) is 16.8 Å². The number of fused-ring (bicyclic) bond motifs is 1. The van der Waals surface area contributed by atoms with E-state index < -0.39 is 5.60 Å². The standard InChI is InChI=1S/C20H24O3/c1-15-7-5-8-16(11-15)9-6-10-22-14-20-17(21)12-18(2,3)13-19(20,4)23-20/h5,7-8,11H,10,12-14H2,1-4H3. The van der Waals surface area contributed by atoms with Crippen LogP contribution in [-0.2, 0) is 14.3 Å². The van der Waals surface area contributed by atoms with Gasteiger partial charge < -0.3 is 9.47 Å². The number of hydrogen-bond acceptors (Lipinski definition) is 3. The maximum Gasteiger partial charge on any atom is 0.179 e. The van der Waals surface area contributed by atoms with E-state index in [1.807, 2.05) is 38.1 Å². The molecule has 0 amide bonds. The molecule has 0 aromatic heterocycles. The zero-order valence-corrected chi connectivity index (χ0v) is 14.4. The van der Waals surface area contributed by atoms with Crippen molar-refractivity contribution in [2.75, 3.05) is 13.2 Å². The first-order valence-corrected chi connectivity index (χ1v) is 8.13. The smallest absolute Gasteiger partial charge is 0.179 e. The van der Waals surface area contributed by atoms with Crippen LogP contribution in [-0.4, -0.2) is 30.2 Å². The molecule has 0 N–H and O–H groups in total. The fourth-order valence-corrected chi connectivity index (χ4v) is 3.81. The highest BCUT2D eigenvalue weighted by Gasteiger charge is 2.74. The van der Waals surface area contributed by atoms with Crippen LogP contribution in [0.5, 0.6) is 0 Å². The van der Waals surface area contributed by atoms with Gasteiger partial charge in [-0.3, -0.25) is 4.79 Å². The summed E-state index contributed by atoms with van der Waals surface area (Å²) >= 11 is 0. The molecular weight excluding hydrogens is 288 g/mol. The number of ketones is 1. The Kier molecular flexibility index (Phi) is 3.86. The summed E-state index contributed by atoms with van der Waals surface area (Å²) in [4.78, 5) is 12.5. The van der Waals surface area contributed by atoms with Gasteiger partial charge in [0.1, 0.15) is 12.2 Å². The minimum absolute atomic E-state index is 0.0107. The van der Waals surface area contributed by atoms with Crippen molar-refractivity contribution in [2.24, 2.45) is 5.41 Å². The molecule has 1 saturated heterocycles. The largest absolute Gasteiger partial charge is 0.365 e. The number of rotatable bonds is 3. The lowest BCUT2D eigenvalue weighted by Gasteiger charge is -2.33. The fraction of sp³-hybridized carbons (Fsp3) is 0.550. The third kappa shape index (κ3) is 3.06. The molecule has 23 heavy (non-hydrogen) atoms. The number of ether oxygens (including phenoxy) is 2. The molecule has 2 aliphatic rings. The summed E-state index contributed by atoms with van der Waals surface area (Å²) in [6.45, 7) is 8.93. The predicted molar refractivity (Wildman–Crippen MR) is 89.1 cm³/mol. The molecule has 0 bridgehead atoms. The van der Waals surface area contributed by atoms with E-state index in [1.54, 1.807) is 0 Å². The van der Waals surface area contributed by atoms with Gasteiger partial charge in [-0.2, -0.15) is 0 Å². The second-order valence-electron chi connectivity index (χ2n) is 7.76. The molecule has 2 fully saturated rings. The number of benzene rings is 1. The van der Waals surface area contributed by atoms with Crippen LogP contribution in [0, 0.1) is 24.2 Å². The van der Waals surface area contributed by atoms with E-state index in [4.69, 9.17) is 9.47 Å². The Morgan fingerprint density at radius 1 is 1.30 bits per heavy atom. The average molecular weight is 312 g/mol. The molecule has 1 aromatic carbocycles. The first kappa shape index (κ1) is 16.2. The number of epoxide rings is 1. The summed E-state index contributed by atoms with van der Waals surface area (Å²) < 4.78 is 11.5. The van der Waals surface area contributed by atoms with Gasteiger partial charge in [0.25, 0.3) is 0 Å². The molecule has 3 heteroatoms. The number of aryl methyl sites for hydroxylation is 1. The van der Waals surface area contributed by atoms with E-state index >= 15 is 0 Å². The van der Waals surface area contributed by atoms with Crippen molar-refractivity contribution in [2.45, 2.75) is 51.7 Å². The highest BCUT2D eigenvalue weighted by molar-refractivity contribution is 5.93. The molecule has 1 heterocycles. The van der Waals surface area contributed by atoms with Crippen LogP contribution in [0.2, 0.25) is 0 Å². The normalized spacial score (nSPS) is 31.0. The maximum atomic E-state index is 12.5. The Bertz CT molecular complexity index is 694. The van der Waals surface area contributed by atoms with Crippen molar-refractivity contribution in [3.05, 3.63) is 35.4 Å². The summed E-state index contributed by atoms with van der Waals surface area (Å²) in [5, 5.41) is 0. The molecule has 1 aliphatic heterocycles. The van der Waals surface area contributed by atoms with Gasteiger partial charge >= 0.3 is 0 Å². The maximum absolute atomic E-state index is 12.5. The monoisotopic (exact) mass is 312 g/mol. The minimum atomic E-state index is -0.729. The van der Waals surface area contributed by atoms with Crippen LogP contribution < -0.4 is 0 Å². The quantitative estimate of drug-likeness (QED) is 0.488. The van der Waals surface area contributed by atoms with Gasteiger partial charge in [-0.1, -0.05) is 37.8 Å². The van der Waals surface area contributed by atoms with Gasteiger partial charge in [0.05, 0.1) is 6.61 Å². The third-order valence-corrected chi connectivity index (χ3v) is 4.85. The molecule has 0 radical (unpaired) electrons. The highest BCUT2D eigenvalue weighted by atomic mass is 16.7. The lowest BCUT2D eigenvalue weighted by molar-refractivity contribution is -0.129. The van der Waals surface area contributed by atoms with Gasteiger partial charge in [0.2, 0.25) is 0 Å². The molecule has 3 nitrogen and oxygen atoms in total. The van der Waals surface area contributed by atoms with Crippen molar-refractivity contribution >= 4 is 5.78 Å². The van der Waals surface area contributed by atoms with Gasteiger partial charge in [0.15, 0.2) is 11.4 Å². The molecule has 2 atom stereocenters. The molecule has 2 unspecified atom stereocenters. The Morgan fingerprint density at radius 3 is 2.78 bits per heavy atom. The Labute approximate surface area is 138 Å². The molecule has 1 saturated carbocycles. The van der Waals surface area contributed by atoms with Crippen molar-refractivity contribution in [3.8, 4) is 11.8 Å². The number of carbonyl (C=O) groups is 1. The summed E-state index contributed by atoms with van der Waals surface area (Å²) in [6, 6.07) is 8.05. The first-order chi connectivity index (χ1) is 10.8. The average Bonchev–Trinajstić information content (AvgIpc) is 3.03. The van der Waals surface area contributed by atoms with Gasteiger partial charge in [-0.25, -0.2) is 0 Å². The lowest BCUT2D eigenvalue weighted by atomic mass is 9.67. The second kappa shape index (κ2) is 5.47. The van der Waals surface area contributed by atoms with E-state index in [2.05, 4.69) is 25.7 Å². The fourth-order valence-electron chi connectivity index (χ4n) is 3.81. The Hall–Kier alpha value is -1.63. The van der Waals surface area contributed by atoms with Crippen LogP contribution in [0.15, 0.2) is 24.3 Å². The van der Waals surface area contributed by atoms with Crippen LogP contribution in [0.25, 0.3) is 0 Å². The number of carbonyl (C=O) groups excluding carboxylic acids is 1. The third-order valence-electron chi connectivity index (χ3n) is 4.85. The topological polar surface area (TPSA) is 38.8 Å². The van der Waals surface area contributed by atoms with E-state index in [0.29, 0.717) is 19.6 Å². The van der Waals surface area contributed by atoms with Gasteiger partial charge in [-0.15, -0.1) is 0 Å². The summed E-state index contributed by atoms with van der Waals surface area (Å²) in [7, 11) is 0. The van der Waals surface area contributed by atoms with Gasteiger partial charge in [0, 0.05) is 12.0 Å². The van der Waals surface area contributed by atoms with Crippen LogP contribution in [0.4, 0.5) is 0 Å².